The number of carbonyl (C=O) groups excluding carboxylic acids is 1. The van der Waals surface area contributed by atoms with E-state index in [-0.39, 0.29) is 17.8 Å². The van der Waals surface area contributed by atoms with Crippen molar-refractivity contribution in [2.45, 2.75) is 26.4 Å². The molecule has 9 nitrogen and oxygen atoms in total. The number of alkyl carbamates (subject to hydrolysis) is 1. The van der Waals surface area contributed by atoms with Crippen LogP contribution in [0.4, 0.5) is 10.5 Å². The SMILES string of the molecule is CC(C)(C)OC(=O)NCCS(=O)(=O)Nc1ccc(C(=O)O)cc1O. The third kappa shape index (κ3) is 6.73. The van der Waals surface area contributed by atoms with Crippen LogP contribution in [0.1, 0.15) is 31.1 Å². The Hall–Kier alpha value is -2.49. The van der Waals surface area contributed by atoms with E-state index in [0.29, 0.717) is 0 Å². The first-order valence-electron chi connectivity index (χ1n) is 6.93. The molecule has 0 saturated heterocycles. The zero-order valence-corrected chi connectivity index (χ0v) is 14.3. The summed E-state index contributed by atoms with van der Waals surface area (Å²) in [5, 5.41) is 20.7. The van der Waals surface area contributed by atoms with Gasteiger partial charge in [-0.2, -0.15) is 0 Å². The normalized spacial score (nSPS) is 11.6. The Labute approximate surface area is 139 Å². The average Bonchev–Trinajstić information content (AvgIpc) is 2.38. The maximum Gasteiger partial charge on any atom is 0.407 e. The number of rotatable bonds is 6. The van der Waals surface area contributed by atoms with Crippen LogP contribution in [0.15, 0.2) is 18.2 Å². The van der Waals surface area contributed by atoms with Gasteiger partial charge in [0.2, 0.25) is 10.0 Å². The quantitative estimate of drug-likeness (QED) is 0.561. The van der Waals surface area contributed by atoms with Crippen molar-refractivity contribution in [3.8, 4) is 5.75 Å². The van der Waals surface area contributed by atoms with Gasteiger partial charge >= 0.3 is 12.1 Å². The van der Waals surface area contributed by atoms with Crippen LogP contribution in [0.5, 0.6) is 5.75 Å². The molecular weight excluding hydrogens is 340 g/mol. The Morgan fingerprint density at radius 2 is 1.88 bits per heavy atom. The fourth-order valence-electron chi connectivity index (χ4n) is 1.57. The van der Waals surface area contributed by atoms with E-state index in [1.165, 1.54) is 0 Å². The third-order valence-corrected chi connectivity index (χ3v) is 3.82. The third-order valence-electron chi connectivity index (χ3n) is 2.55. The second-order valence-corrected chi connectivity index (χ2v) is 7.73. The number of benzene rings is 1. The van der Waals surface area contributed by atoms with Crippen LogP contribution in [0.25, 0.3) is 0 Å². The summed E-state index contributed by atoms with van der Waals surface area (Å²) in [6.07, 6.45) is -0.744. The van der Waals surface area contributed by atoms with Gasteiger partial charge in [-0.1, -0.05) is 0 Å². The zero-order chi connectivity index (χ0) is 18.5. The van der Waals surface area contributed by atoms with E-state index in [0.717, 1.165) is 18.2 Å². The van der Waals surface area contributed by atoms with E-state index in [2.05, 4.69) is 10.0 Å². The molecule has 134 valence electrons. The molecule has 1 amide bonds. The number of carboxylic acid groups (broad SMARTS) is 1. The van der Waals surface area contributed by atoms with Gasteiger partial charge in [-0.15, -0.1) is 0 Å². The molecule has 1 aromatic rings. The lowest BCUT2D eigenvalue weighted by Crippen LogP contribution is -2.35. The largest absolute Gasteiger partial charge is 0.506 e. The molecule has 0 aromatic heterocycles. The predicted octanol–water partition coefficient (Wildman–Crippen LogP) is 1.36. The van der Waals surface area contributed by atoms with E-state index in [4.69, 9.17) is 9.84 Å². The van der Waals surface area contributed by atoms with Gasteiger partial charge in [0, 0.05) is 6.54 Å². The molecule has 0 unspecified atom stereocenters. The van der Waals surface area contributed by atoms with Crippen molar-refractivity contribution in [3.63, 3.8) is 0 Å². The number of carbonyl (C=O) groups is 2. The minimum atomic E-state index is -3.86. The molecule has 0 saturated carbocycles. The molecule has 1 aromatic carbocycles. The molecule has 0 atom stereocenters. The number of nitrogens with one attached hydrogen (secondary N) is 2. The molecule has 0 spiro atoms. The molecule has 10 heteroatoms. The molecule has 4 N–H and O–H groups in total. The first-order chi connectivity index (χ1) is 10.9. The van der Waals surface area contributed by atoms with Crippen molar-refractivity contribution in [1.82, 2.24) is 5.32 Å². The highest BCUT2D eigenvalue weighted by molar-refractivity contribution is 7.92. The van der Waals surface area contributed by atoms with Crippen LogP contribution in [0.2, 0.25) is 0 Å². The monoisotopic (exact) mass is 360 g/mol. The minimum absolute atomic E-state index is 0.155. The second kappa shape index (κ2) is 7.39. The lowest BCUT2D eigenvalue weighted by molar-refractivity contribution is 0.0530. The molecule has 0 aliphatic rings. The zero-order valence-electron chi connectivity index (χ0n) is 13.5. The summed E-state index contributed by atoms with van der Waals surface area (Å²) in [4.78, 5) is 22.2. The molecule has 1 rings (SSSR count). The van der Waals surface area contributed by atoms with Crippen LogP contribution >= 0.6 is 0 Å². The Morgan fingerprint density at radius 3 is 2.38 bits per heavy atom. The van der Waals surface area contributed by atoms with Crippen molar-refractivity contribution >= 4 is 27.8 Å². The summed E-state index contributed by atoms with van der Waals surface area (Å²) in [5.41, 5.74) is -1.03. The molecule has 0 heterocycles. The van der Waals surface area contributed by atoms with Crippen LogP contribution in [-0.4, -0.2) is 48.6 Å². The Kier molecular flexibility index (Phi) is 6.02. The van der Waals surface area contributed by atoms with Gasteiger partial charge in [-0.05, 0) is 39.0 Å². The van der Waals surface area contributed by atoms with Gasteiger partial charge in [0.15, 0.2) is 0 Å². The molecule has 24 heavy (non-hydrogen) atoms. The first-order valence-corrected chi connectivity index (χ1v) is 8.58. The number of ether oxygens (including phenoxy) is 1. The summed E-state index contributed by atoms with van der Waals surface area (Å²) in [6, 6.07) is 3.22. The highest BCUT2D eigenvalue weighted by Crippen LogP contribution is 2.25. The summed E-state index contributed by atoms with van der Waals surface area (Å²) in [5.74, 6) is -2.22. The minimum Gasteiger partial charge on any atom is -0.506 e. The van der Waals surface area contributed by atoms with Crippen molar-refractivity contribution < 1.29 is 33.0 Å². The number of carboxylic acids is 1. The number of anilines is 1. The van der Waals surface area contributed by atoms with Gasteiger partial charge in [0.1, 0.15) is 11.4 Å². The molecule has 0 aliphatic carbocycles. The lowest BCUT2D eigenvalue weighted by atomic mass is 10.2. The van der Waals surface area contributed by atoms with Crippen LogP contribution in [0, 0.1) is 0 Å². The summed E-state index contributed by atoms with van der Waals surface area (Å²) in [6.45, 7) is 4.83. The topological polar surface area (TPSA) is 142 Å². The van der Waals surface area contributed by atoms with Crippen molar-refractivity contribution in [1.29, 1.82) is 0 Å². The molecule has 0 bridgehead atoms. The summed E-state index contributed by atoms with van der Waals surface area (Å²) >= 11 is 0. The Bertz CT molecular complexity index is 723. The highest BCUT2D eigenvalue weighted by atomic mass is 32.2. The molecular formula is C14H20N2O7S. The molecule has 0 aliphatic heterocycles. The second-order valence-electron chi connectivity index (χ2n) is 5.89. The van der Waals surface area contributed by atoms with E-state index in [9.17, 15) is 23.1 Å². The maximum atomic E-state index is 11.9. The average molecular weight is 360 g/mol. The van der Waals surface area contributed by atoms with Crippen molar-refractivity contribution in [3.05, 3.63) is 23.8 Å². The smallest absolute Gasteiger partial charge is 0.407 e. The summed E-state index contributed by atoms with van der Waals surface area (Å²) in [7, 11) is -3.86. The number of aromatic carboxylic acids is 1. The number of amides is 1. The first kappa shape index (κ1) is 19.6. The van der Waals surface area contributed by atoms with E-state index >= 15 is 0 Å². The van der Waals surface area contributed by atoms with Gasteiger partial charge in [-0.25, -0.2) is 18.0 Å². The standard InChI is InChI=1S/C14H20N2O7S/c1-14(2,3)23-13(20)15-6-7-24(21,22)16-10-5-4-9(12(18)19)8-11(10)17/h4-5,8,16-17H,6-7H2,1-3H3,(H,15,20)(H,18,19). The summed E-state index contributed by atoms with van der Waals surface area (Å²) < 4.78 is 30.9. The van der Waals surface area contributed by atoms with Crippen molar-refractivity contribution in [2.24, 2.45) is 0 Å². The fraction of sp³-hybridized carbons (Fsp3) is 0.429. The highest BCUT2D eigenvalue weighted by Gasteiger charge is 2.18. The van der Waals surface area contributed by atoms with Gasteiger partial charge < -0.3 is 20.3 Å². The van der Waals surface area contributed by atoms with Gasteiger partial charge in [-0.3, -0.25) is 4.72 Å². The number of phenols is 1. The maximum absolute atomic E-state index is 11.9. The Balaban J connectivity index is 2.61. The number of sulfonamides is 1. The Morgan fingerprint density at radius 1 is 1.25 bits per heavy atom. The predicted molar refractivity (Wildman–Crippen MR) is 86.7 cm³/mol. The van der Waals surface area contributed by atoms with E-state index in [1.54, 1.807) is 20.8 Å². The number of hydrogen-bond acceptors (Lipinski definition) is 6. The fourth-order valence-corrected chi connectivity index (χ4v) is 2.55. The van der Waals surface area contributed by atoms with E-state index in [1.807, 2.05) is 0 Å². The van der Waals surface area contributed by atoms with Crippen molar-refractivity contribution in [2.75, 3.05) is 17.0 Å². The van der Waals surface area contributed by atoms with Crippen LogP contribution < -0.4 is 10.0 Å². The number of hydrogen-bond donors (Lipinski definition) is 4. The van der Waals surface area contributed by atoms with Gasteiger partial charge in [0.05, 0.1) is 17.0 Å². The lowest BCUT2D eigenvalue weighted by Gasteiger charge is -2.19. The molecule has 0 fully saturated rings. The van der Waals surface area contributed by atoms with Gasteiger partial charge in [0.25, 0.3) is 0 Å². The number of phenolic OH excluding ortho intramolecular Hbond substituents is 1. The number of aromatic hydroxyl groups is 1. The van der Waals surface area contributed by atoms with E-state index < -0.39 is 39.2 Å². The molecule has 0 radical (unpaired) electrons. The van der Waals surface area contributed by atoms with Crippen LogP contribution in [0.3, 0.4) is 0 Å². The van der Waals surface area contributed by atoms with Crippen LogP contribution in [-0.2, 0) is 14.8 Å².